The summed E-state index contributed by atoms with van der Waals surface area (Å²) in [7, 11) is 2.63. The van der Waals surface area contributed by atoms with Crippen LogP contribution in [0.3, 0.4) is 0 Å². The molecule has 0 heterocycles. The summed E-state index contributed by atoms with van der Waals surface area (Å²) in [5, 5.41) is 1.67. The second-order valence-electron chi connectivity index (χ2n) is 4.52. The quantitative estimate of drug-likeness (QED) is 0.736. The van der Waals surface area contributed by atoms with Crippen molar-refractivity contribution >= 4 is 26.1 Å². The van der Waals surface area contributed by atoms with E-state index in [9.17, 15) is 0 Å². The van der Waals surface area contributed by atoms with Gasteiger partial charge in [0.05, 0.1) is 5.02 Å². The van der Waals surface area contributed by atoms with Crippen LogP contribution in [-0.4, -0.2) is 0 Å². The van der Waals surface area contributed by atoms with Gasteiger partial charge < -0.3 is 4.74 Å². The van der Waals surface area contributed by atoms with Gasteiger partial charge in [0.1, 0.15) is 11.5 Å². The van der Waals surface area contributed by atoms with Gasteiger partial charge in [0.25, 0.3) is 0 Å². The standard InChI is InChI=1S/C15H16ClOP/c1-10(2)11-3-5-12(6-4-11)17-15-9-13(18)7-8-14(15)16/h3-10H,18H2,1-2H3. The summed E-state index contributed by atoms with van der Waals surface area (Å²) >= 11 is 6.09. The maximum absolute atomic E-state index is 6.09. The van der Waals surface area contributed by atoms with Crippen molar-refractivity contribution in [1.82, 2.24) is 0 Å². The minimum atomic E-state index is 0.526. The van der Waals surface area contributed by atoms with Crippen molar-refractivity contribution in [3.8, 4) is 11.5 Å². The van der Waals surface area contributed by atoms with E-state index in [1.165, 1.54) is 5.56 Å². The summed E-state index contributed by atoms with van der Waals surface area (Å²) < 4.78 is 5.78. The molecule has 1 atom stereocenters. The zero-order chi connectivity index (χ0) is 13.1. The van der Waals surface area contributed by atoms with Crippen molar-refractivity contribution < 1.29 is 4.74 Å². The van der Waals surface area contributed by atoms with Crippen LogP contribution in [0.4, 0.5) is 0 Å². The summed E-state index contributed by atoms with van der Waals surface area (Å²) in [6.45, 7) is 4.34. The van der Waals surface area contributed by atoms with Crippen LogP contribution in [0.1, 0.15) is 25.3 Å². The first-order valence-electron chi connectivity index (χ1n) is 5.89. The van der Waals surface area contributed by atoms with E-state index in [4.69, 9.17) is 16.3 Å². The van der Waals surface area contributed by atoms with E-state index in [-0.39, 0.29) is 0 Å². The SMILES string of the molecule is CC(C)c1ccc(Oc2cc(P)ccc2Cl)cc1. The maximum Gasteiger partial charge on any atom is 0.146 e. The van der Waals surface area contributed by atoms with E-state index in [0.717, 1.165) is 11.1 Å². The molecule has 0 saturated heterocycles. The minimum absolute atomic E-state index is 0.526. The summed E-state index contributed by atoms with van der Waals surface area (Å²) in [5.41, 5.74) is 1.30. The second-order valence-corrected chi connectivity index (χ2v) is 5.59. The molecule has 0 aliphatic heterocycles. The van der Waals surface area contributed by atoms with Crippen LogP contribution in [0.15, 0.2) is 42.5 Å². The number of halogens is 1. The molecule has 2 aromatic rings. The molecule has 0 radical (unpaired) electrons. The maximum atomic E-state index is 6.09. The van der Waals surface area contributed by atoms with E-state index in [1.807, 2.05) is 30.3 Å². The van der Waals surface area contributed by atoms with E-state index >= 15 is 0 Å². The Morgan fingerprint density at radius 3 is 2.33 bits per heavy atom. The number of rotatable bonds is 3. The monoisotopic (exact) mass is 278 g/mol. The van der Waals surface area contributed by atoms with Gasteiger partial charge in [-0.25, -0.2) is 0 Å². The summed E-state index contributed by atoms with van der Waals surface area (Å²) in [6.07, 6.45) is 0. The summed E-state index contributed by atoms with van der Waals surface area (Å²) in [5.74, 6) is 2.01. The molecule has 1 unspecified atom stereocenters. The molecule has 2 aromatic carbocycles. The van der Waals surface area contributed by atoms with Crippen LogP contribution >= 0.6 is 20.8 Å². The van der Waals surface area contributed by atoms with Crippen LogP contribution in [0.2, 0.25) is 5.02 Å². The Kier molecular flexibility index (Phi) is 4.27. The van der Waals surface area contributed by atoms with Crippen molar-refractivity contribution in [2.45, 2.75) is 19.8 Å². The van der Waals surface area contributed by atoms with Crippen LogP contribution in [0.5, 0.6) is 11.5 Å². The molecule has 0 saturated carbocycles. The molecule has 18 heavy (non-hydrogen) atoms. The zero-order valence-electron chi connectivity index (χ0n) is 10.5. The lowest BCUT2D eigenvalue weighted by Gasteiger charge is -2.10. The zero-order valence-corrected chi connectivity index (χ0v) is 12.4. The van der Waals surface area contributed by atoms with E-state index in [2.05, 4.69) is 35.2 Å². The van der Waals surface area contributed by atoms with E-state index in [1.54, 1.807) is 0 Å². The van der Waals surface area contributed by atoms with E-state index in [0.29, 0.717) is 16.7 Å². The highest BCUT2D eigenvalue weighted by Gasteiger charge is 2.04. The molecule has 0 aliphatic rings. The van der Waals surface area contributed by atoms with Gasteiger partial charge in [0, 0.05) is 0 Å². The highest BCUT2D eigenvalue weighted by molar-refractivity contribution is 7.27. The van der Waals surface area contributed by atoms with Gasteiger partial charge in [0.15, 0.2) is 0 Å². The Labute approximate surface area is 115 Å². The lowest BCUT2D eigenvalue weighted by molar-refractivity contribution is 0.483. The first-order valence-corrected chi connectivity index (χ1v) is 6.84. The summed E-state index contributed by atoms with van der Waals surface area (Å²) in [6, 6.07) is 13.8. The average Bonchev–Trinajstić information content (AvgIpc) is 2.34. The van der Waals surface area contributed by atoms with Gasteiger partial charge in [-0.3, -0.25) is 0 Å². The van der Waals surface area contributed by atoms with Gasteiger partial charge in [-0.05, 0) is 41.1 Å². The fourth-order valence-electron chi connectivity index (χ4n) is 1.65. The lowest BCUT2D eigenvalue weighted by atomic mass is 10.0. The van der Waals surface area contributed by atoms with Crippen molar-refractivity contribution in [2.24, 2.45) is 0 Å². The van der Waals surface area contributed by atoms with Gasteiger partial charge in [-0.15, -0.1) is 9.24 Å². The van der Waals surface area contributed by atoms with Gasteiger partial charge in [-0.2, -0.15) is 0 Å². The fraction of sp³-hybridized carbons (Fsp3) is 0.200. The number of hydrogen-bond acceptors (Lipinski definition) is 1. The molecule has 0 N–H and O–H groups in total. The number of benzene rings is 2. The molecule has 94 valence electrons. The molecular weight excluding hydrogens is 263 g/mol. The van der Waals surface area contributed by atoms with Crippen molar-refractivity contribution in [1.29, 1.82) is 0 Å². The number of ether oxygens (including phenoxy) is 1. The minimum Gasteiger partial charge on any atom is -0.456 e. The Bertz CT molecular complexity index is 535. The molecule has 3 heteroatoms. The topological polar surface area (TPSA) is 9.23 Å². The fourth-order valence-corrected chi connectivity index (χ4v) is 2.05. The first-order chi connectivity index (χ1) is 8.56. The molecular formula is C15H16ClOP. The van der Waals surface area contributed by atoms with Crippen LogP contribution in [-0.2, 0) is 0 Å². The normalized spacial score (nSPS) is 10.7. The Balaban J connectivity index is 2.21. The molecule has 0 amide bonds. The Morgan fingerprint density at radius 2 is 1.72 bits per heavy atom. The highest BCUT2D eigenvalue weighted by atomic mass is 35.5. The van der Waals surface area contributed by atoms with Gasteiger partial charge >= 0.3 is 0 Å². The van der Waals surface area contributed by atoms with Crippen LogP contribution in [0, 0.1) is 0 Å². The molecule has 0 spiro atoms. The molecule has 2 rings (SSSR count). The van der Waals surface area contributed by atoms with Crippen LogP contribution in [0.25, 0.3) is 0 Å². The van der Waals surface area contributed by atoms with Gasteiger partial charge in [-0.1, -0.05) is 43.6 Å². The van der Waals surface area contributed by atoms with Crippen LogP contribution < -0.4 is 10.0 Å². The van der Waals surface area contributed by atoms with Crippen molar-refractivity contribution in [3.05, 3.63) is 53.1 Å². The summed E-state index contributed by atoms with van der Waals surface area (Å²) in [4.78, 5) is 0. The first kappa shape index (κ1) is 13.4. The van der Waals surface area contributed by atoms with Crippen molar-refractivity contribution in [3.63, 3.8) is 0 Å². The lowest BCUT2D eigenvalue weighted by Crippen LogP contribution is -1.93. The Morgan fingerprint density at radius 1 is 1.06 bits per heavy atom. The number of hydrogen-bond donors (Lipinski definition) is 0. The third kappa shape index (κ3) is 3.25. The predicted octanol–water partition coefficient (Wildman–Crippen LogP) is 4.76. The second kappa shape index (κ2) is 5.73. The highest BCUT2D eigenvalue weighted by Crippen LogP contribution is 2.29. The molecule has 0 fully saturated rings. The van der Waals surface area contributed by atoms with Gasteiger partial charge in [0.2, 0.25) is 0 Å². The smallest absolute Gasteiger partial charge is 0.146 e. The largest absolute Gasteiger partial charge is 0.456 e. The van der Waals surface area contributed by atoms with Crippen molar-refractivity contribution in [2.75, 3.05) is 0 Å². The molecule has 0 aliphatic carbocycles. The molecule has 0 bridgehead atoms. The molecule has 0 aromatic heterocycles. The predicted molar refractivity (Wildman–Crippen MR) is 81.4 cm³/mol. The van der Waals surface area contributed by atoms with E-state index < -0.39 is 0 Å². The molecule has 1 nitrogen and oxygen atoms in total. The average molecular weight is 279 g/mol. The third-order valence-electron chi connectivity index (χ3n) is 2.73. The Hall–Kier alpha value is -1.04. The third-order valence-corrected chi connectivity index (χ3v) is 3.40.